The largest absolute Gasteiger partial charge is 0.480 e. The fraction of sp³-hybridized carbons (Fsp3) is 0.536. The van der Waals surface area contributed by atoms with E-state index in [-0.39, 0.29) is 19.4 Å². The van der Waals surface area contributed by atoms with E-state index in [1.165, 1.54) is 17.1 Å². The van der Waals surface area contributed by atoms with Crippen molar-refractivity contribution in [2.45, 2.75) is 90.4 Å². The Labute approximate surface area is 224 Å². The number of benzene rings is 1. The van der Waals surface area contributed by atoms with Gasteiger partial charge in [-0.3, -0.25) is 24.2 Å². The van der Waals surface area contributed by atoms with Crippen molar-refractivity contribution in [1.29, 1.82) is 0 Å². The summed E-state index contributed by atoms with van der Waals surface area (Å²) in [5.74, 6) is -2.62. The Balaban J connectivity index is 2.21. The summed E-state index contributed by atoms with van der Waals surface area (Å²) in [6.07, 6.45) is 2.70. The molecule has 1 heterocycles. The SMILES string of the molecule is CC(C)(C)OC(=O)N(C(Cc1ccccc1)C(=O)NC(CCCCN1C(=O)C=CC1=O)C(=O)O)C(C)(C)C. The lowest BCUT2D eigenvalue weighted by molar-refractivity contribution is -0.143. The Morgan fingerprint density at radius 1 is 0.974 bits per heavy atom. The Morgan fingerprint density at radius 3 is 2.05 bits per heavy atom. The molecule has 0 radical (unpaired) electrons. The minimum atomic E-state index is -1.22. The molecule has 0 fully saturated rings. The molecule has 2 N–H and O–H groups in total. The van der Waals surface area contributed by atoms with E-state index in [9.17, 15) is 29.1 Å². The average Bonchev–Trinajstić information content (AvgIpc) is 3.10. The summed E-state index contributed by atoms with van der Waals surface area (Å²) in [6, 6.07) is 6.90. The highest BCUT2D eigenvalue weighted by Crippen LogP contribution is 2.24. The number of carboxylic acid groups (broad SMARTS) is 1. The number of nitrogens with one attached hydrogen (secondary N) is 1. The molecule has 0 bridgehead atoms. The molecule has 2 atom stereocenters. The van der Waals surface area contributed by atoms with Crippen LogP contribution in [0.3, 0.4) is 0 Å². The first-order valence-corrected chi connectivity index (χ1v) is 12.7. The molecule has 0 saturated heterocycles. The second-order valence-electron chi connectivity index (χ2n) is 11.3. The molecule has 1 aromatic rings. The van der Waals surface area contributed by atoms with E-state index in [2.05, 4.69) is 5.32 Å². The highest BCUT2D eigenvalue weighted by atomic mass is 16.6. The van der Waals surface area contributed by atoms with Crippen LogP contribution in [0.2, 0.25) is 0 Å². The molecule has 2 rings (SSSR count). The van der Waals surface area contributed by atoms with Crippen LogP contribution in [0.25, 0.3) is 0 Å². The van der Waals surface area contributed by atoms with Crippen molar-refractivity contribution in [2.24, 2.45) is 0 Å². The molecule has 1 aliphatic heterocycles. The van der Waals surface area contributed by atoms with Crippen LogP contribution in [-0.2, 0) is 30.3 Å². The number of unbranched alkanes of at least 4 members (excludes halogenated alkanes) is 1. The first-order chi connectivity index (χ1) is 17.6. The van der Waals surface area contributed by atoms with E-state index >= 15 is 0 Å². The van der Waals surface area contributed by atoms with Crippen molar-refractivity contribution in [1.82, 2.24) is 15.1 Å². The summed E-state index contributed by atoms with van der Waals surface area (Å²) in [5.41, 5.74) is -0.822. The molecule has 1 aromatic carbocycles. The van der Waals surface area contributed by atoms with Gasteiger partial charge in [0.15, 0.2) is 0 Å². The Hall–Kier alpha value is -3.69. The molecule has 0 aliphatic carbocycles. The molecule has 0 aromatic heterocycles. The van der Waals surface area contributed by atoms with Crippen molar-refractivity contribution in [3.8, 4) is 0 Å². The Kier molecular flexibility index (Phi) is 10.2. The number of imide groups is 1. The van der Waals surface area contributed by atoms with E-state index in [1.54, 1.807) is 41.5 Å². The van der Waals surface area contributed by atoms with Gasteiger partial charge in [-0.2, -0.15) is 0 Å². The predicted octanol–water partition coefficient (Wildman–Crippen LogP) is 3.30. The number of nitrogens with zero attached hydrogens (tertiary/aromatic N) is 2. The number of rotatable bonds is 11. The van der Waals surface area contributed by atoms with Gasteiger partial charge in [0.05, 0.1) is 0 Å². The molecule has 38 heavy (non-hydrogen) atoms. The third kappa shape index (κ3) is 9.00. The maximum atomic E-state index is 13.6. The van der Waals surface area contributed by atoms with Crippen LogP contribution in [0.15, 0.2) is 42.5 Å². The summed E-state index contributed by atoms with van der Waals surface area (Å²) in [4.78, 5) is 64.8. The fourth-order valence-electron chi connectivity index (χ4n) is 4.11. The average molecular weight is 530 g/mol. The summed E-state index contributed by atoms with van der Waals surface area (Å²) in [7, 11) is 0. The molecule has 4 amide bonds. The minimum absolute atomic E-state index is 0.0880. The zero-order valence-electron chi connectivity index (χ0n) is 23.0. The van der Waals surface area contributed by atoms with Crippen LogP contribution in [0.4, 0.5) is 4.79 Å². The van der Waals surface area contributed by atoms with Crippen LogP contribution in [0, 0.1) is 0 Å². The first kappa shape index (κ1) is 30.5. The molecule has 10 nitrogen and oxygen atoms in total. The highest BCUT2D eigenvalue weighted by Gasteiger charge is 2.41. The van der Waals surface area contributed by atoms with Gasteiger partial charge in [0, 0.05) is 30.7 Å². The minimum Gasteiger partial charge on any atom is -0.480 e. The van der Waals surface area contributed by atoms with Gasteiger partial charge in [-0.15, -0.1) is 0 Å². The van der Waals surface area contributed by atoms with Gasteiger partial charge in [-0.25, -0.2) is 9.59 Å². The van der Waals surface area contributed by atoms with Gasteiger partial charge < -0.3 is 15.2 Å². The summed E-state index contributed by atoms with van der Waals surface area (Å²) >= 11 is 0. The zero-order chi connectivity index (χ0) is 28.7. The maximum Gasteiger partial charge on any atom is 0.411 e. The number of carbonyl (C=O) groups excluding carboxylic acids is 4. The smallest absolute Gasteiger partial charge is 0.411 e. The van der Waals surface area contributed by atoms with Crippen molar-refractivity contribution in [3.63, 3.8) is 0 Å². The molecule has 10 heteroatoms. The normalized spacial score (nSPS) is 15.3. The van der Waals surface area contributed by atoms with E-state index in [4.69, 9.17) is 4.74 Å². The maximum absolute atomic E-state index is 13.6. The fourth-order valence-corrected chi connectivity index (χ4v) is 4.11. The van der Waals surface area contributed by atoms with Crippen molar-refractivity contribution >= 4 is 29.8 Å². The summed E-state index contributed by atoms with van der Waals surface area (Å²) in [5, 5.41) is 12.4. The van der Waals surface area contributed by atoms with Crippen molar-refractivity contribution in [2.75, 3.05) is 6.54 Å². The van der Waals surface area contributed by atoms with Crippen LogP contribution >= 0.6 is 0 Å². The van der Waals surface area contributed by atoms with Gasteiger partial charge in [0.25, 0.3) is 11.8 Å². The number of hydrogen-bond donors (Lipinski definition) is 2. The molecular formula is C28H39N3O7. The number of hydrogen-bond acceptors (Lipinski definition) is 6. The highest BCUT2D eigenvalue weighted by molar-refractivity contribution is 6.12. The number of ether oxygens (including phenoxy) is 1. The van der Waals surface area contributed by atoms with Crippen LogP contribution in [-0.4, -0.2) is 74.5 Å². The predicted molar refractivity (Wildman–Crippen MR) is 141 cm³/mol. The van der Waals surface area contributed by atoms with Crippen LogP contribution < -0.4 is 5.32 Å². The standard InChI is InChI=1S/C28H39N3O7/c1-27(2,3)31(26(37)38-28(4,5)6)21(18-19-12-8-7-9-13-19)24(34)29-20(25(35)36)14-10-11-17-30-22(32)15-16-23(30)33/h7-9,12-13,15-16,20-21H,10-11,14,17-18H2,1-6H3,(H,29,34)(H,35,36). The Morgan fingerprint density at radius 2 is 1.55 bits per heavy atom. The number of carbonyl (C=O) groups is 5. The van der Waals surface area contributed by atoms with Gasteiger partial charge in [0.2, 0.25) is 5.91 Å². The summed E-state index contributed by atoms with van der Waals surface area (Å²) in [6.45, 7) is 10.7. The van der Waals surface area contributed by atoms with E-state index in [1.807, 2.05) is 30.3 Å². The van der Waals surface area contributed by atoms with E-state index < -0.39 is 53.0 Å². The van der Waals surface area contributed by atoms with E-state index in [0.717, 1.165) is 10.5 Å². The second-order valence-corrected chi connectivity index (χ2v) is 11.3. The molecule has 208 valence electrons. The second kappa shape index (κ2) is 12.7. The quantitative estimate of drug-likeness (QED) is 0.332. The molecule has 1 aliphatic rings. The van der Waals surface area contributed by atoms with Crippen molar-refractivity contribution < 1.29 is 33.8 Å². The van der Waals surface area contributed by atoms with Gasteiger partial charge in [-0.1, -0.05) is 30.3 Å². The van der Waals surface area contributed by atoms with Gasteiger partial charge >= 0.3 is 12.1 Å². The molecule has 0 spiro atoms. The third-order valence-electron chi connectivity index (χ3n) is 5.84. The molecule has 2 unspecified atom stereocenters. The van der Waals surface area contributed by atoms with Gasteiger partial charge in [0.1, 0.15) is 17.7 Å². The lowest BCUT2D eigenvalue weighted by Crippen LogP contribution is -2.60. The monoisotopic (exact) mass is 529 g/mol. The van der Waals surface area contributed by atoms with Gasteiger partial charge in [-0.05, 0) is 66.4 Å². The zero-order valence-corrected chi connectivity index (χ0v) is 23.0. The van der Waals surface area contributed by atoms with Crippen LogP contribution in [0.1, 0.15) is 66.4 Å². The summed E-state index contributed by atoms with van der Waals surface area (Å²) < 4.78 is 5.62. The lowest BCUT2D eigenvalue weighted by atomic mass is 9.97. The Bertz CT molecular complexity index is 1040. The number of amides is 4. The first-order valence-electron chi connectivity index (χ1n) is 12.7. The topological polar surface area (TPSA) is 133 Å². The lowest BCUT2D eigenvalue weighted by Gasteiger charge is -2.41. The molecular weight excluding hydrogens is 490 g/mol. The van der Waals surface area contributed by atoms with Crippen LogP contribution in [0.5, 0.6) is 0 Å². The number of aliphatic carboxylic acids is 1. The third-order valence-corrected chi connectivity index (χ3v) is 5.84. The van der Waals surface area contributed by atoms with E-state index in [0.29, 0.717) is 12.8 Å². The van der Waals surface area contributed by atoms with Crippen molar-refractivity contribution in [3.05, 3.63) is 48.0 Å². The number of carboxylic acids is 1. The molecule has 0 saturated carbocycles.